The predicted octanol–water partition coefficient (Wildman–Crippen LogP) is 1.41. The number of benzene rings is 1. The first kappa shape index (κ1) is 17.0. The Bertz CT molecular complexity index is 739. The number of amides is 1. The average molecular weight is 329 g/mol. The summed E-state index contributed by atoms with van der Waals surface area (Å²) in [5, 5.41) is 17.1. The number of para-hydroxylation sites is 1. The molecule has 1 amide bonds. The second-order valence-corrected chi connectivity index (χ2v) is 4.40. The molecule has 9 heteroatoms. The normalized spacial score (nSPS) is 15.6. The standard InChI is InChI=1S/C15H15N5O4/c1-3-23-13(21)9-24-12-7-5-4-6-11(12)8-16-19-15-17-14(22)10(2)18-20-15/h4-8H,2-3,9H2,1H3,(H,17,19,22)/b16-8+. The van der Waals surface area contributed by atoms with Crippen LogP contribution in [-0.4, -0.2) is 37.3 Å². The molecule has 0 unspecified atom stereocenters. The van der Waals surface area contributed by atoms with Crippen LogP contribution in [0.4, 0.5) is 0 Å². The number of hydrogen-bond acceptors (Lipinski definition) is 7. The van der Waals surface area contributed by atoms with E-state index in [0.29, 0.717) is 11.3 Å². The summed E-state index contributed by atoms with van der Waals surface area (Å²) in [5.74, 6) is -0.557. The number of esters is 1. The van der Waals surface area contributed by atoms with Gasteiger partial charge in [0.2, 0.25) is 0 Å². The molecule has 124 valence electrons. The van der Waals surface area contributed by atoms with Crippen LogP contribution < -0.4 is 10.1 Å². The highest BCUT2D eigenvalue weighted by atomic mass is 16.6. The van der Waals surface area contributed by atoms with Gasteiger partial charge < -0.3 is 9.47 Å². The van der Waals surface area contributed by atoms with Crippen LogP contribution in [0.5, 0.6) is 5.75 Å². The number of carbonyl (C=O) groups excluding carboxylic acids is 2. The second kappa shape index (κ2) is 8.32. The summed E-state index contributed by atoms with van der Waals surface area (Å²) in [6.45, 7) is 5.19. The molecule has 0 saturated heterocycles. The van der Waals surface area contributed by atoms with E-state index in [4.69, 9.17) is 9.47 Å². The van der Waals surface area contributed by atoms with Crippen LogP contribution in [0.3, 0.4) is 0 Å². The quantitative estimate of drug-likeness (QED) is 0.368. The van der Waals surface area contributed by atoms with Crippen LogP contribution in [0.15, 0.2) is 57.0 Å². The first-order valence-corrected chi connectivity index (χ1v) is 7.00. The van der Waals surface area contributed by atoms with Crippen LogP contribution in [0.2, 0.25) is 0 Å². The van der Waals surface area contributed by atoms with Crippen molar-refractivity contribution >= 4 is 24.1 Å². The number of guanidine groups is 1. The van der Waals surface area contributed by atoms with Gasteiger partial charge in [-0.3, -0.25) is 10.1 Å². The molecule has 9 nitrogen and oxygen atoms in total. The van der Waals surface area contributed by atoms with Crippen molar-refractivity contribution in [1.82, 2.24) is 5.32 Å². The lowest BCUT2D eigenvalue weighted by atomic mass is 10.2. The Morgan fingerprint density at radius 2 is 2.17 bits per heavy atom. The van der Waals surface area contributed by atoms with E-state index in [0.717, 1.165) is 0 Å². The molecule has 24 heavy (non-hydrogen) atoms. The van der Waals surface area contributed by atoms with Gasteiger partial charge >= 0.3 is 5.97 Å². The van der Waals surface area contributed by atoms with E-state index in [1.54, 1.807) is 31.2 Å². The number of hydrogen-bond donors (Lipinski definition) is 1. The van der Waals surface area contributed by atoms with E-state index in [-0.39, 0.29) is 24.9 Å². The first-order chi connectivity index (χ1) is 11.6. The molecule has 0 spiro atoms. The van der Waals surface area contributed by atoms with Gasteiger partial charge in [0.05, 0.1) is 12.8 Å². The fraction of sp³-hybridized carbons (Fsp3) is 0.200. The van der Waals surface area contributed by atoms with Crippen LogP contribution in [-0.2, 0) is 14.3 Å². The highest BCUT2D eigenvalue weighted by Crippen LogP contribution is 2.16. The molecule has 1 N–H and O–H groups in total. The van der Waals surface area contributed by atoms with Crippen LogP contribution in [0.25, 0.3) is 0 Å². The summed E-state index contributed by atoms with van der Waals surface area (Å²) in [6.07, 6.45) is 1.40. The van der Waals surface area contributed by atoms with Crippen LogP contribution >= 0.6 is 0 Å². The Kier molecular flexibility index (Phi) is 5.89. The Labute approximate surface area is 137 Å². The minimum atomic E-state index is -0.489. The zero-order valence-corrected chi connectivity index (χ0v) is 12.9. The summed E-state index contributed by atoms with van der Waals surface area (Å²) in [6, 6.07) is 6.94. The zero-order chi connectivity index (χ0) is 17.4. The number of azo groups is 1. The van der Waals surface area contributed by atoms with Gasteiger partial charge in [0.25, 0.3) is 11.9 Å². The minimum absolute atomic E-state index is 0.00404. The van der Waals surface area contributed by atoms with E-state index in [1.807, 2.05) is 0 Å². The summed E-state index contributed by atoms with van der Waals surface area (Å²) < 4.78 is 10.2. The zero-order valence-electron chi connectivity index (χ0n) is 12.9. The number of ether oxygens (including phenoxy) is 2. The van der Waals surface area contributed by atoms with Crippen molar-refractivity contribution in [3.05, 3.63) is 42.1 Å². The molecule has 1 aromatic carbocycles. The number of nitrogens with one attached hydrogen (secondary N) is 1. The largest absolute Gasteiger partial charge is 0.481 e. The molecule has 0 aliphatic carbocycles. The molecule has 2 rings (SSSR count). The number of rotatable bonds is 6. The molecule has 0 radical (unpaired) electrons. The summed E-state index contributed by atoms with van der Waals surface area (Å²) in [7, 11) is 0. The van der Waals surface area contributed by atoms with Gasteiger partial charge in [0.15, 0.2) is 6.61 Å². The second-order valence-electron chi connectivity index (χ2n) is 4.40. The lowest BCUT2D eigenvalue weighted by molar-refractivity contribution is -0.145. The van der Waals surface area contributed by atoms with Gasteiger partial charge in [0, 0.05) is 5.56 Å². The van der Waals surface area contributed by atoms with Crippen molar-refractivity contribution in [2.24, 2.45) is 20.4 Å². The Morgan fingerprint density at radius 3 is 2.92 bits per heavy atom. The predicted molar refractivity (Wildman–Crippen MR) is 85.7 cm³/mol. The first-order valence-electron chi connectivity index (χ1n) is 7.00. The SMILES string of the molecule is C=C1N=N/C(=N\N=C\c2ccccc2OCC(=O)OCC)NC1=O. The molecule has 1 aliphatic rings. The molecule has 0 bridgehead atoms. The third kappa shape index (κ3) is 4.83. The van der Waals surface area contributed by atoms with E-state index < -0.39 is 11.9 Å². The van der Waals surface area contributed by atoms with Gasteiger partial charge in [-0.15, -0.1) is 15.3 Å². The third-order valence-corrected chi connectivity index (χ3v) is 2.67. The van der Waals surface area contributed by atoms with Crippen LogP contribution in [0, 0.1) is 0 Å². The number of nitrogens with zero attached hydrogens (tertiary/aromatic N) is 4. The molecular weight excluding hydrogens is 314 g/mol. The minimum Gasteiger partial charge on any atom is -0.481 e. The smallest absolute Gasteiger partial charge is 0.344 e. The van der Waals surface area contributed by atoms with Gasteiger partial charge in [0.1, 0.15) is 11.4 Å². The van der Waals surface area contributed by atoms with E-state index in [9.17, 15) is 9.59 Å². The molecular formula is C15H15N5O4. The average Bonchev–Trinajstić information content (AvgIpc) is 2.57. The van der Waals surface area contributed by atoms with Gasteiger partial charge in [-0.2, -0.15) is 5.10 Å². The Morgan fingerprint density at radius 1 is 1.38 bits per heavy atom. The summed E-state index contributed by atoms with van der Waals surface area (Å²) in [5.41, 5.74) is 0.588. The fourth-order valence-corrected chi connectivity index (χ4v) is 1.60. The van der Waals surface area contributed by atoms with Crippen molar-refractivity contribution in [2.75, 3.05) is 13.2 Å². The van der Waals surface area contributed by atoms with Crippen molar-refractivity contribution in [3.8, 4) is 5.75 Å². The molecule has 0 atom stereocenters. The van der Waals surface area contributed by atoms with Crippen molar-refractivity contribution in [1.29, 1.82) is 0 Å². The maximum atomic E-state index is 11.3. The molecule has 1 aromatic rings. The lowest BCUT2D eigenvalue weighted by Gasteiger charge is -2.08. The maximum absolute atomic E-state index is 11.3. The van der Waals surface area contributed by atoms with Crippen molar-refractivity contribution in [3.63, 3.8) is 0 Å². The van der Waals surface area contributed by atoms with E-state index in [1.165, 1.54) is 6.21 Å². The third-order valence-electron chi connectivity index (χ3n) is 2.67. The van der Waals surface area contributed by atoms with Gasteiger partial charge in [-0.05, 0) is 19.1 Å². The summed E-state index contributed by atoms with van der Waals surface area (Å²) >= 11 is 0. The highest BCUT2D eigenvalue weighted by Gasteiger charge is 2.14. The van der Waals surface area contributed by atoms with Crippen molar-refractivity contribution in [2.45, 2.75) is 6.92 Å². The molecule has 0 fully saturated rings. The van der Waals surface area contributed by atoms with E-state index in [2.05, 4.69) is 32.3 Å². The molecule has 1 heterocycles. The summed E-state index contributed by atoms with van der Waals surface area (Å²) in [4.78, 5) is 22.7. The monoisotopic (exact) mass is 329 g/mol. The molecule has 0 aromatic heterocycles. The van der Waals surface area contributed by atoms with Crippen LogP contribution in [0.1, 0.15) is 12.5 Å². The maximum Gasteiger partial charge on any atom is 0.344 e. The Balaban J connectivity index is 2.04. The number of carbonyl (C=O) groups is 2. The fourth-order valence-electron chi connectivity index (χ4n) is 1.60. The lowest BCUT2D eigenvalue weighted by Crippen LogP contribution is -2.32. The van der Waals surface area contributed by atoms with Gasteiger partial charge in [-0.1, -0.05) is 18.7 Å². The highest BCUT2D eigenvalue weighted by molar-refractivity contribution is 6.06. The van der Waals surface area contributed by atoms with Gasteiger partial charge in [-0.25, -0.2) is 4.79 Å². The van der Waals surface area contributed by atoms with Crippen molar-refractivity contribution < 1.29 is 19.1 Å². The Hall–Kier alpha value is -3.36. The topological polar surface area (TPSA) is 114 Å². The van der Waals surface area contributed by atoms with E-state index >= 15 is 0 Å². The molecule has 1 aliphatic heterocycles. The molecule has 0 saturated carbocycles.